The van der Waals surface area contributed by atoms with E-state index in [4.69, 9.17) is 0 Å². The number of pyridine rings is 1. The van der Waals surface area contributed by atoms with E-state index < -0.39 is 0 Å². The molecule has 1 aromatic heterocycles. The maximum atomic E-state index is 12.2. The van der Waals surface area contributed by atoms with Crippen LogP contribution >= 0.6 is 0 Å². The molecule has 104 valence electrons. The molecule has 4 nitrogen and oxygen atoms in total. The summed E-state index contributed by atoms with van der Waals surface area (Å²) in [4.78, 5) is 27.3. The van der Waals surface area contributed by atoms with Gasteiger partial charge >= 0.3 is 0 Å². The van der Waals surface area contributed by atoms with E-state index in [9.17, 15) is 9.59 Å². The summed E-state index contributed by atoms with van der Waals surface area (Å²) in [6, 6.07) is 8.87. The standard InChI is InChI=1S/C16H18N2O2/c19-15-10-14(18-13-9-5-4-8-12(13)15)16(20)17-11-6-2-1-3-7-11/h4-5,8-11H,1-3,6-7H2,(H,17,20)(H,18,19). The lowest BCUT2D eigenvalue weighted by molar-refractivity contribution is 0.0923. The van der Waals surface area contributed by atoms with Crippen molar-refractivity contribution < 1.29 is 4.79 Å². The van der Waals surface area contributed by atoms with E-state index in [1.54, 1.807) is 6.07 Å². The van der Waals surface area contributed by atoms with E-state index in [1.165, 1.54) is 25.3 Å². The highest BCUT2D eigenvalue weighted by Crippen LogP contribution is 2.17. The van der Waals surface area contributed by atoms with Gasteiger partial charge in [-0.1, -0.05) is 31.4 Å². The zero-order valence-corrected chi connectivity index (χ0v) is 11.3. The summed E-state index contributed by atoms with van der Waals surface area (Å²) in [5.41, 5.74) is 0.932. The molecule has 0 aliphatic heterocycles. The van der Waals surface area contributed by atoms with Crippen LogP contribution in [0.3, 0.4) is 0 Å². The largest absolute Gasteiger partial charge is 0.350 e. The monoisotopic (exact) mass is 270 g/mol. The van der Waals surface area contributed by atoms with Crippen molar-refractivity contribution in [2.45, 2.75) is 38.1 Å². The molecule has 0 atom stereocenters. The number of carbonyl (C=O) groups excluding carboxylic acids is 1. The van der Waals surface area contributed by atoms with E-state index in [0.29, 0.717) is 16.6 Å². The molecule has 2 N–H and O–H groups in total. The van der Waals surface area contributed by atoms with Gasteiger partial charge in [0.1, 0.15) is 5.69 Å². The number of carbonyl (C=O) groups is 1. The van der Waals surface area contributed by atoms with Crippen molar-refractivity contribution >= 4 is 16.8 Å². The average molecular weight is 270 g/mol. The highest BCUT2D eigenvalue weighted by atomic mass is 16.2. The second kappa shape index (κ2) is 5.49. The number of fused-ring (bicyclic) bond motifs is 1. The van der Waals surface area contributed by atoms with Crippen molar-refractivity contribution in [1.82, 2.24) is 10.3 Å². The Hall–Kier alpha value is -2.10. The first-order chi connectivity index (χ1) is 9.74. The summed E-state index contributed by atoms with van der Waals surface area (Å²) in [5, 5.41) is 3.63. The molecule has 2 aromatic rings. The molecule has 1 aromatic carbocycles. The molecule has 1 fully saturated rings. The molecule has 1 aliphatic carbocycles. The third-order valence-electron chi connectivity index (χ3n) is 3.92. The Balaban J connectivity index is 1.86. The normalized spacial score (nSPS) is 16.2. The molecule has 20 heavy (non-hydrogen) atoms. The third-order valence-corrected chi connectivity index (χ3v) is 3.92. The smallest absolute Gasteiger partial charge is 0.268 e. The van der Waals surface area contributed by atoms with Gasteiger partial charge in [-0.05, 0) is 25.0 Å². The SMILES string of the molecule is O=C(NC1CCCCC1)c1cc(=O)c2ccccc2[nH]1. The molecule has 4 heteroatoms. The molecule has 0 unspecified atom stereocenters. The minimum atomic E-state index is -0.181. The quantitative estimate of drug-likeness (QED) is 0.881. The van der Waals surface area contributed by atoms with Gasteiger partial charge in [0.15, 0.2) is 5.43 Å². The van der Waals surface area contributed by atoms with Crippen molar-refractivity contribution in [2.75, 3.05) is 0 Å². The predicted molar refractivity (Wildman–Crippen MR) is 78.9 cm³/mol. The van der Waals surface area contributed by atoms with Crippen LogP contribution in [0.2, 0.25) is 0 Å². The van der Waals surface area contributed by atoms with E-state index in [2.05, 4.69) is 10.3 Å². The van der Waals surface area contributed by atoms with Crippen LogP contribution in [0.15, 0.2) is 35.1 Å². The minimum absolute atomic E-state index is 0.117. The van der Waals surface area contributed by atoms with Gasteiger partial charge < -0.3 is 10.3 Å². The molecule has 1 aliphatic rings. The molecule has 1 amide bonds. The Morgan fingerprint density at radius 3 is 2.70 bits per heavy atom. The van der Waals surface area contributed by atoms with Gasteiger partial charge in [-0.3, -0.25) is 9.59 Å². The Morgan fingerprint density at radius 2 is 1.90 bits per heavy atom. The summed E-state index contributed by atoms with van der Waals surface area (Å²) in [6.07, 6.45) is 5.64. The first-order valence-corrected chi connectivity index (χ1v) is 7.17. The van der Waals surface area contributed by atoms with Crippen molar-refractivity contribution in [3.05, 3.63) is 46.2 Å². The molecule has 0 bridgehead atoms. The molecule has 0 spiro atoms. The molecule has 0 radical (unpaired) electrons. The van der Waals surface area contributed by atoms with Crippen molar-refractivity contribution in [3.8, 4) is 0 Å². The first kappa shape index (κ1) is 12.9. The molecule has 0 saturated heterocycles. The lowest BCUT2D eigenvalue weighted by atomic mass is 9.95. The summed E-state index contributed by atoms with van der Waals surface area (Å²) in [5.74, 6) is -0.181. The summed E-state index contributed by atoms with van der Waals surface area (Å²) >= 11 is 0. The molecule has 3 rings (SSSR count). The second-order valence-electron chi connectivity index (χ2n) is 5.40. The third kappa shape index (κ3) is 2.59. The fraction of sp³-hybridized carbons (Fsp3) is 0.375. The van der Waals surface area contributed by atoms with Gasteiger partial charge in [-0.15, -0.1) is 0 Å². The van der Waals surface area contributed by atoms with Gasteiger partial charge in [-0.25, -0.2) is 0 Å². The zero-order chi connectivity index (χ0) is 13.9. The van der Waals surface area contributed by atoms with Gasteiger partial charge in [0.05, 0.1) is 0 Å². The number of hydrogen-bond acceptors (Lipinski definition) is 2. The number of benzene rings is 1. The zero-order valence-electron chi connectivity index (χ0n) is 11.3. The molecule has 1 saturated carbocycles. The van der Waals surface area contributed by atoms with Gasteiger partial charge in [0.25, 0.3) is 5.91 Å². The van der Waals surface area contributed by atoms with Gasteiger partial charge in [0.2, 0.25) is 0 Å². The Bertz CT molecular complexity index is 684. The topological polar surface area (TPSA) is 62.0 Å². The van der Waals surface area contributed by atoms with Crippen molar-refractivity contribution in [2.24, 2.45) is 0 Å². The predicted octanol–water partition coefficient (Wildman–Crippen LogP) is 2.59. The van der Waals surface area contributed by atoms with Crippen LogP contribution in [0.5, 0.6) is 0 Å². The van der Waals surface area contributed by atoms with Crippen LogP contribution in [-0.4, -0.2) is 16.9 Å². The molecular weight excluding hydrogens is 252 g/mol. The lowest BCUT2D eigenvalue weighted by Crippen LogP contribution is -2.37. The Kier molecular flexibility index (Phi) is 3.54. The van der Waals surface area contributed by atoms with E-state index in [0.717, 1.165) is 12.8 Å². The van der Waals surface area contributed by atoms with Crippen LogP contribution in [0.4, 0.5) is 0 Å². The van der Waals surface area contributed by atoms with E-state index in [1.807, 2.05) is 18.2 Å². The number of nitrogens with one attached hydrogen (secondary N) is 2. The fourth-order valence-corrected chi connectivity index (χ4v) is 2.83. The molecular formula is C16H18N2O2. The fourth-order valence-electron chi connectivity index (χ4n) is 2.83. The summed E-state index contributed by atoms with van der Waals surface area (Å²) in [6.45, 7) is 0. The van der Waals surface area contributed by atoms with E-state index in [-0.39, 0.29) is 17.4 Å². The maximum absolute atomic E-state index is 12.2. The Labute approximate surface area is 117 Å². The summed E-state index contributed by atoms with van der Waals surface area (Å²) < 4.78 is 0. The van der Waals surface area contributed by atoms with E-state index >= 15 is 0 Å². The van der Waals surface area contributed by atoms with Gasteiger partial charge in [0, 0.05) is 23.0 Å². The minimum Gasteiger partial charge on any atom is -0.350 e. The van der Waals surface area contributed by atoms with Crippen LogP contribution in [0.25, 0.3) is 10.9 Å². The number of amides is 1. The number of para-hydroxylation sites is 1. The Morgan fingerprint density at radius 1 is 1.15 bits per heavy atom. The second-order valence-corrected chi connectivity index (χ2v) is 5.40. The lowest BCUT2D eigenvalue weighted by Gasteiger charge is -2.22. The van der Waals surface area contributed by atoms with Crippen molar-refractivity contribution in [3.63, 3.8) is 0 Å². The number of aromatic amines is 1. The molecule has 1 heterocycles. The number of aromatic nitrogens is 1. The highest BCUT2D eigenvalue weighted by Gasteiger charge is 2.17. The maximum Gasteiger partial charge on any atom is 0.268 e. The van der Waals surface area contributed by atoms with Crippen LogP contribution < -0.4 is 10.7 Å². The number of hydrogen-bond donors (Lipinski definition) is 2. The number of rotatable bonds is 2. The van der Waals surface area contributed by atoms with Crippen LogP contribution in [0.1, 0.15) is 42.6 Å². The number of H-pyrrole nitrogens is 1. The highest BCUT2D eigenvalue weighted by molar-refractivity contribution is 5.94. The van der Waals surface area contributed by atoms with Gasteiger partial charge in [-0.2, -0.15) is 0 Å². The van der Waals surface area contributed by atoms with Crippen molar-refractivity contribution in [1.29, 1.82) is 0 Å². The van der Waals surface area contributed by atoms with Crippen LogP contribution in [0, 0.1) is 0 Å². The summed E-state index contributed by atoms with van der Waals surface area (Å²) in [7, 11) is 0. The van der Waals surface area contributed by atoms with Crippen LogP contribution in [-0.2, 0) is 0 Å². The first-order valence-electron chi connectivity index (χ1n) is 7.17. The average Bonchev–Trinajstić information content (AvgIpc) is 2.48.